The zero-order valence-electron chi connectivity index (χ0n) is 20.0. The van der Waals surface area contributed by atoms with Crippen LogP contribution in [0.5, 0.6) is 0 Å². The van der Waals surface area contributed by atoms with Crippen LogP contribution in [0.15, 0.2) is 67.3 Å². The van der Waals surface area contributed by atoms with Crippen molar-refractivity contribution < 1.29 is 27.9 Å². The van der Waals surface area contributed by atoms with Gasteiger partial charge in [0, 0.05) is 37.7 Å². The number of benzene rings is 1. The maximum absolute atomic E-state index is 13.4. The number of aliphatic carboxylic acids is 1. The number of hydrogen-bond donors (Lipinski definition) is 1. The summed E-state index contributed by atoms with van der Waals surface area (Å²) in [5.74, 6) is -2.09. The molecule has 0 spiro atoms. The molecule has 1 fully saturated rings. The molecule has 0 radical (unpaired) electrons. The standard InChI is InChI=1S/C23H24N6O.C2HF3O2/c1-26-11-7-12-27(15-14-26)23(30)21-20-10-5-6-13-29(20)22(25-21)19-16-28(17-24-19)18-8-3-2-4-9-18;3-2(4,5)1(6)7/h2-6,8-10,13,16-17H,7,11-12,14-15H2,1H3;(H,6,7). The lowest BCUT2D eigenvalue weighted by Gasteiger charge is -2.19. The lowest BCUT2D eigenvalue weighted by molar-refractivity contribution is -0.192. The van der Waals surface area contributed by atoms with Gasteiger partial charge in [-0.05, 0) is 44.3 Å². The van der Waals surface area contributed by atoms with Crippen LogP contribution in [0.1, 0.15) is 16.9 Å². The van der Waals surface area contributed by atoms with Crippen molar-refractivity contribution in [1.82, 2.24) is 28.7 Å². The zero-order chi connectivity index (χ0) is 26.6. The largest absolute Gasteiger partial charge is 0.490 e. The Balaban J connectivity index is 0.000000405. The Morgan fingerprint density at radius 3 is 2.38 bits per heavy atom. The third kappa shape index (κ3) is 5.97. The van der Waals surface area contributed by atoms with Crippen molar-refractivity contribution in [2.45, 2.75) is 12.6 Å². The third-order valence-corrected chi connectivity index (χ3v) is 5.87. The monoisotopic (exact) mass is 514 g/mol. The number of aromatic nitrogens is 4. The van der Waals surface area contributed by atoms with Crippen molar-refractivity contribution in [2.75, 3.05) is 33.2 Å². The number of hydrogen-bond acceptors (Lipinski definition) is 5. The number of rotatable bonds is 3. The first kappa shape index (κ1) is 25.9. The predicted molar refractivity (Wildman–Crippen MR) is 129 cm³/mol. The summed E-state index contributed by atoms with van der Waals surface area (Å²) in [6, 6.07) is 15.9. The number of carboxylic acid groups (broad SMARTS) is 1. The topological polar surface area (TPSA) is 96.0 Å². The molecule has 37 heavy (non-hydrogen) atoms. The van der Waals surface area contributed by atoms with E-state index >= 15 is 0 Å². The molecular formula is C25H25F3N6O3. The second-order valence-electron chi connectivity index (χ2n) is 8.49. The fraction of sp³-hybridized carbons (Fsp3) is 0.280. The minimum Gasteiger partial charge on any atom is -0.475 e. The molecule has 1 N–H and O–H groups in total. The average Bonchev–Trinajstić information content (AvgIpc) is 3.45. The summed E-state index contributed by atoms with van der Waals surface area (Å²) in [6.45, 7) is 3.37. The SMILES string of the molecule is CN1CCCN(C(=O)c2nc(-c3cn(-c4ccccc4)cn3)n3ccccc23)CC1.O=C(O)C(F)(F)F. The number of likely N-dealkylation sites (N-methyl/N-ethyl adjacent to an activating group) is 1. The molecule has 1 amide bonds. The molecule has 3 aromatic heterocycles. The van der Waals surface area contributed by atoms with Crippen molar-refractivity contribution >= 4 is 17.4 Å². The van der Waals surface area contributed by atoms with E-state index in [0.29, 0.717) is 11.5 Å². The minimum atomic E-state index is -5.08. The zero-order valence-corrected chi connectivity index (χ0v) is 20.0. The Labute approximate surface area is 210 Å². The maximum atomic E-state index is 13.4. The molecule has 9 nitrogen and oxygen atoms in total. The molecule has 1 aliphatic heterocycles. The number of fused-ring (bicyclic) bond motifs is 1. The second kappa shape index (κ2) is 10.8. The van der Waals surface area contributed by atoms with Gasteiger partial charge in [0.25, 0.3) is 5.91 Å². The van der Waals surface area contributed by atoms with E-state index in [1.807, 2.05) is 74.8 Å². The third-order valence-electron chi connectivity index (χ3n) is 5.87. The summed E-state index contributed by atoms with van der Waals surface area (Å²) in [5, 5.41) is 7.12. The number of nitrogens with zero attached hydrogens (tertiary/aromatic N) is 6. The van der Waals surface area contributed by atoms with Gasteiger partial charge >= 0.3 is 12.1 Å². The number of imidazole rings is 2. The van der Waals surface area contributed by atoms with Crippen LogP contribution >= 0.6 is 0 Å². The number of amides is 1. The second-order valence-corrected chi connectivity index (χ2v) is 8.49. The van der Waals surface area contributed by atoms with Crippen LogP contribution in [-0.2, 0) is 4.79 Å². The van der Waals surface area contributed by atoms with Gasteiger partial charge in [0.1, 0.15) is 12.0 Å². The fourth-order valence-electron chi connectivity index (χ4n) is 3.95. The van der Waals surface area contributed by atoms with Gasteiger partial charge in [-0.25, -0.2) is 14.8 Å². The highest BCUT2D eigenvalue weighted by atomic mass is 19.4. The first-order valence-corrected chi connectivity index (χ1v) is 11.5. The van der Waals surface area contributed by atoms with Crippen molar-refractivity contribution in [2.24, 2.45) is 0 Å². The van der Waals surface area contributed by atoms with E-state index in [9.17, 15) is 18.0 Å². The molecule has 1 saturated heterocycles. The van der Waals surface area contributed by atoms with E-state index in [1.165, 1.54) is 0 Å². The van der Waals surface area contributed by atoms with E-state index in [0.717, 1.165) is 49.5 Å². The summed E-state index contributed by atoms with van der Waals surface area (Å²) < 4.78 is 35.7. The molecule has 0 atom stereocenters. The van der Waals surface area contributed by atoms with Crippen LogP contribution in [0.4, 0.5) is 13.2 Å². The summed E-state index contributed by atoms with van der Waals surface area (Å²) in [7, 11) is 2.10. The number of para-hydroxylation sites is 1. The van der Waals surface area contributed by atoms with Crippen LogP contribution in [0.3, 0.4) is 0 Å². The van der Waals surface area contributed by atoms with Crippen LogP contribution in [0.25, 0.3) is 22.7 Å². The summed E-state index contributed by atoms with van der Waals surface area (Å²) in [5.41, 5.74) is 3.06. The molecule has 4 aromatic rings. The van der Waals surface area contributed by atoms with E-state index < -0.39 is 12.1 Å². The molecular weight excluding hydrogens is 489 g/mol. The maximum Gasteiger partial charge on any atom is 0.490 e. The Hall–Kier alpha value is -4.19. The number of carbonyl (C=O) groups excluding carboxylic acids is 1. The van der Waals surface area contributed by atoms with Gasteiger partial charge in [-0.2, -0.15) is 13.2 Å². The highest BCUT2D eigenvalue weighted by Gasteiger charge is 2.38. The summed E-state index contributed by atoms with van der Waals surface area (Å²) in [4.78, 5) is 35.8. The van der Waals surface area contributed by atoms with E-state index in [4.69, 9.17) is 14.9 Å². The molecule has 4 heterocycles. The molecule has 0 unspecified atom stereocenters. The van der Waals surface area contributed by atoms with Crippen molar-refractivity contribution in [3.63, 3.8) is 0 Å². The molecule has 0 bridgehead atoms. The molecule has 194 valence electrons. The highest BCUT2D eigenvalue weighted by Crippen LogP contribution is 2.24. The Kier molecular flexibility index (Phi) is 7.58. The fourth-order valence-corrected chi connectivity index (χ4v) is 3.95. The van der Waals surface area contributed by atoms with Gasteiger partial charge in [0.15, 0.2) is 11.5 Å². The van der Waals surface area contributed by atoms with Gasteiger partial charge in [-0.3, -0.25) is 9.20 Å². The lowest BCUT2D eigenvalue weighted by Crippen LogP contribution is -2.34. The Bertz CT molecular complexity index is 1380. The van der Waals surface area contributed by atoms with E-state index in [-0.39, 0.29) is 5.91 Å². The van der Waals surface area contributed by atoms with Gasteiger partial charge in [0.2, 0.25) is 0 Å². The van der Waals surface area contributed by atoms with Crippen molar-refractivity contribution in [3.8, 4) is 17.2 Å². The van der Waals surface area contributed by atoms with Gasteiger partial charge in [-0.1, -0.05) is 24.3 Å². The Morgan fingerprint density at radius 2 is 1.68 bits per heavy atom. The molecule has 1 aliphatic rings. The quantitative estimate of drug-likeness (QED) is 0.449. The number of carbonyl (C=O) groups is 2. The van der Waals surface area contributed by atoms with Gasteiger partial charge in [0.05, 0.1) is 5.52 Å². The minimum absolute atomic E-state index is 0.0113. The summed E-state index contributed by atoms with van der Waals surface area (Å²) >= 11 is 0. The molecule has 1 aromatic carbocycles. The van der Waals surface area contributed by atoms with Crippen LogP contribution in [0, 0.1) is 0 Å². The number of pyridine rings is 1. The van der Waals surface area contributed by atoms with E-state index in [1.54, 1.807) is 6.33 Å². The smallest absolute Gasteiger partial charge is 0.475 e. The first-order valence-electron chi connectivity index (χ1n) is 11.5. The van der Waals surface area contributed by atoms with E-state index in [2.05, 4.69) is 16.9 Å². The average molecular weight is 515 g/mol. The number of alkyl halides is 3. The lowest BCUT2D eigenvalue weighted by atomic mass is 10.3. The molecule has 5 rings (SSSR count). The summed E-state index contributed by atoms with van der Waals surface area (Å²) in [6.07, 6.45) is 1.56. The van der Waals surface area contributed by atoms with Crippen LogP contribution < -0.4 is 0 Å². The van der Waals surface area contributed by atoms with Crippen molar-refractivity contribution in [3.05, 3.63) is 72.9 Å². The normalized spacial score (nSPS) is 14.6. The van der Waals surface area contributed by atoms with Crippen LogP contribution in [-0.4, -0.2) is 85.1 Å². The van der Waals surface area contributed by atoms with Gasteiger partial charge in [-0.15, -0.1) is 0 Å². The predicted octanol–water partition coefficient (Wildman–Crippen LogP) is 3.60. The first-order chi connectivity index (χ1) is 17.6. The highest BCUT2D eigenvalue weighted by molar-refractivity contribution is 6.00. The molecule has 0 saturated carbocycles. The Morgan fingerprint density at radius 1 is 0.973 bits per heavy atom. The van der Waals surface area contributed by atoms with Crippen molar-refractivity contribution in [1.29, 1.82) is 0 Å². The number of carboxylic acids is 1. The molecule has 12 heteroatoms. The van der Waals surface area contributed by atoms with Crippen LogP contribution in [0.2, 0.25) is 0 Å². The molecule has 0 aliphatic carbocycles. The number of halogens is 3. The van der Waals surface area contributed by atoms with Gasteiger partial charge < -0.3 is 19.5 Å².